The first-order chi connectivity index (χ1) is 11.0. The molecule has 0 radical (unpaired) electrons. The van der Waals surface area contributed by atoms with E-state index in [2.05, 4.69) is 5.32 Å². The average Bonchev–Trinajstić information content (AvgIpc) is 2.53. The van der Waals surface area contributed by atoms with E-state index in [0.29, 0.717) is 16.3 Å². The molecule has 1 amide bonds. The fourth-order valence-corrected chi connectivity index (χ4v) is 2.14. The molecular weight excluding hydrogens is 318 g/mol. The molecule has 0 bridgehead atoms. The van der Waals surface area contributed by atoms with Crippen LogP contribution in [0.2, 0.25) is 5.02 Å². The van der Waals surface area contributed by atoms with Crippen LogP contribution in [0.25, 0.3) is 0 Å². The number of hydrogen-bond donors (Lipinski definition) is 1. The van der Waals surface area contributed by atoms with Crippen molar-refractivity contribution in [1.29, 1.82) is 0 Å². The lowest BCUT2D eigenvalue weighted by atomic mass is 10.0. The van der Waals surface area contributed by atoms with Crippen LogP contribution < -0.4 is 15.2 Å². The Morgan fingerprint density at radius 3 is 2.35 bits per heavy atom. The summed E-state index contributed by atoms with van der Waals surface area (Å²) in [7, 11) is 0. The summed E-state index contributed by atoms with van der Waals surface area (Å²) in [5.74, 6) is -1.12. The van der Waals surface area contributed by atoms with Crippen LogP contribution in [0.5, 0.6) is 5.75 Å². The lowest BCUT2D eigenvalue weighted by Gasteiger charge is -2.20. The second-order valence-electron chi connectivity index (χ2n) is 4.85. The smallest absolute Gasteiger partial charge is 0.258 e. The minimum absolute atomic E-state index is 0.207. The number of para-hydroxylation sites is 1. The topological polar surface area (TPSA) is 78.5 Å². The lowest BCUT2D eigenvalue weighted by Crippen LogP contribution is -2.36. The van der Waals surface area contributed by atoms with Crippen molar-refractivity contribution in [1.82, 2.24) is 5.32 Å². The Bertz CT molecular complexity index is 658. The van der Waals surface area contributed by atoms with E-state index < -0.39 is 17.9 Å². The third-order valence-electron chi connectivity index (χ3n) is 3.09. The number of ether oxygens (including phenoxy) is 1. The molecule has 0 spiro atoms. The zero-order chi connectivity index (χ0) is 16.7. The standard InChI is InChI=1S/C17H16ClNO4/c18-13-8-6-12(7-9-13)15(10-17(21)22)19-16(20)11-23-14-4-2-1-3-5-14/h1-9,15H,10-11H2,(H,19,20)(H,21,22)/p-1/t15-/m0/s1. The average molecular weight is 333 g/mol. The highest BCUT2D eigenvalue weighted by Crippen LogP contribution is 2.19. The third kappa shape index (κ3) is 5.64. The van der Waals surface area contributed by atoms with Gasteiger partial charge in [-0.3, -0.25) is 4.79 Å². The van der Waals surface area contributed by atoms with Crippen molar-refractivity contribution < 1.29 is 19.4 Å². The second-order valence-corrected chi connectivity index (χ2v) is 5.29. The Balaban J connectivity index is 1.98. The van der Waals surface area contributed by atoms with Gasteiger partial charge in [0.1, 0.15) is 5.75 Å². The van der Waals surface area contributed by atoms with Crippen molar-refractivity contribution in [2.75, 3.05) is 6.61 Å². The van der Waals surface area contributed by atoms with Gasteiger partial charge in [-0.1, -0.05) is 41.9 Å². The Labute approximate surface area is 138 Å². The Morgan fingerprint density at radius 2 is 1.74 bits per heavy atom. The van der Waals surface area contributed by atoms with Gasteiger partial charge in [-0.05, 0) is 29.8 Å². The number of carboxylic acids is 1. The van der Waals surface area contributed by atoms with Crippen molar-refractivity contribution in [2.24, 2.45) is 0 Å². The number of carbonyl (C=O) groups is 2. The van der Waals surface area contributed by atoms with E-state index in [0.717, 1.165) is 0 Å². The molecule has 0 aliphatic heterocycles. The first-order valence-corrected chi connectivity index (χ1v) is 7.35. The Hall–Kier alpha value is -2.53. The predicted octanol–water partition coefficient (Wildman–Crippen LogP) is 1.72. The third-order valence-corrected chi connectivity index (χ3v) is 3.34. The van der Waals surface area contributed by atoms with Crippen LogP contribution in [0.1, 0.15) is 18.0 Å². The van der Waals surface area contributed by atoms with Crippen molar-refractivity contribution in [3.05, 3.63) is 65.2 Å². The van der Waals surface area contributed by atoms with Crippen molar-refractivity contribution >= 4 is 23.5 Å². The first-order valence-electron chi connectivity index (χ1n) is 6.97. The van der Waals surface area contributed by atoms with Gasteiger partial charge in [-0.2, -0.15) is 0 Å². The zero-order valence-electron chi connectivity index (χ0n) is 12.2. The number of halogens is 1. The van der Waals surface area contributed by atoms with Crippen LogP contribution in [-0.2, 0) is 9.59 Å². The first kappa shape index (κ1) is 16.8. The molecule has 6 heteroatoms. The van der Waals surface area contributed by atoms with E-state index in [-0.39, 0.29) is 13.0 Å². The maximum Gasteiger partial charge on any atom is 0.258 e. The molecule has 1 atom stereocenters. The molecule has 0 fully saturated rings. The summed E-state index contributed by atoms with van der Waals surface area (Å²) in [6.07, 6.45) is -0.335. The van der Waals surface area contributed by atoms with E-state index >= 15 is 0 Å². The number of nitrogens with one attached hydrogen (secondary N) is 1. The molecule has 0 aromatic heterocycles. The molecule has 5 nitrogen and oxygen atoms in total. The fraction of sp³-hybridized carbons (Fsp3) is 0.176. The maximum atomic E-state index is 12.0. The molecule has 2 aromatic rings. The second kappa shape index (κ2) is 8.19. The van der Waals surface area contributed by atoms with Crippen LogP contribution in [0.4, 0.5) is 0 Å². The van der Waals surface area contributed by atoms with Crippen molar-refractivity contribution in [3.8, 4) is 5.75 Å². The summed E-state index contributed by atoms with van der Waals surface area (Å²) in [4.78, 5) is 22.9. The molecule has 0 aliphatic rings. The highest BCUT2D eigenvalue weighted by Gasteiger charge is 2.15. The quantitative estimate of drug-likeness (QED) is 0.837. The van der Waals surface area contributed by atoms with Crippen molar-refractivity contribution in [3.63, 3.8) is 0 Å². The molecule has 0 saturated carbocycles. The van der Waals surface area contributed by atoms with Gasteiger partial charge in [0.15, 0.2) is 6.61 Å². The van der Waals surface area contributed by atoms with Crippen LogP contribution in [-0.4, -0.2) is 18.5 Å². The summed E-state index contributed by atoms with van der Waals surface area (Å²) in [5, 5.41) is 14.0. The van der Waals surface area contributed by atoms with Crippen LogP contribution >= 0.6 is 11.6 Å². The van der Waals surface area contributed by atoms with E-state index in [1.54, 1.807) is 48.5 Å². The molecule has 0 unspecified atom stereocenters. The van der Waals surface area contributed by atoms with Gasteiger partial charge >= 0.3 is 0 Å². The highest BCUT2D eigenvalue weighted by atomic mass is 35.5. The molecular formula is C17H15ClNO4-. The number of amides is 1. The SMILES string of the molecule is O=C([O-])C[C@H](NC(=O)COc1ccccc1)c1ccc(Cl)cc1. The molecule has 2 rings (SSSR count). The monoisotopic (exact) mass is 332 g/mol. The summed E-state index contributed by atoms with van der Waals surface area (Å²) in [5.41, 5.74) is 0.631. The molecule has 0 heterocycles. The van der Waals surface area contributed by atoms with Gasteiger partial charge in [0, 0.05) is 17.4 Å². The number of rotatable bonds is 7. The summed E-state index contributed by atoms with van der Waals surface area (Å²) < 4.78 is 5.33. The molecule has 0 saturated heterocycles. The van der Waals surface area contributed by atoms with E-state index in [1.165, 1.54) is 0 Å². The number of aliphatic carboxylic acids is 1. The van der Waals surface area contributed by atoms with Gasteiger partial charge in [-0.15, -0.1) is 0 Å². The van der Waals surface area contributed by atoms with E-state index in [4.69, 9.17) is 16.3 Å². The normalized spacial score (nSPS) is 11.5. The summed E-state index contributed by atoms with van der Waals surface area (Å²) in [6.45, 7) is -0.207. The zero-order valence-corrected chi connectivity index (χ0v) is 13.0. The minimum atomic E-state index is -1.26. The maximum absolute atomic E-state index is 12.0. The van der Waals surface area contributed by atoms with Crippen LogP contribution in [0, 0.1) is 0 Å². The van der Waals surface area contributed by atoms with Gasteiger partial charge in [0.05, 0.1) is 6.04 Å². The van der Waals surface area contributed by atoms with Gasteiger partial charge in [0.2, 0.25) is 0 Å². The molecule has 1 N–H and O–H groups in total. The molecule has 23 heavy (non-hydrogen) atoms. The van der Waals surface area contributed by atoms with Gasteiger partial charge < -0.3 is 20.0 Å². The van der Waals surface area contributed by atoms with Crippen molar-refractivity contribution in [2.45, 2.75) is 12.5 Å². The number of carboxylic acid groups (broad SMARTS) is 1. The minimum Gasteiger partial charge on any atom is -0.550 e. The summed E-state index contributed by atoms with van der Waals surface area (Å²) in [6, 6.07) is 14.8. The van der Waals surface area contributed by atoms with Crippen LogP contribution in [0.15, 0.2) is 54.6 Å². The largest absolute Gasteiger partial charge is 0.550 e. The molecule has 2 aromatic carbocycles. The summed E-state index contributed by atoms with van der Waals surface area (Å²) >= 11 is 5.81. The fourth-order valence-electron chi connectivity index (χ4n) is 2.02. The lowest BCUT2D eigenvalue weighted by molar-refractivity contribution is -0.306. The highest BCUT2D eigenvalue weighted by molar-refractivity contribution is 6.30. The number of hydrogen-bond acceptors (Lipinski definition) is 4. The number of carbonyl (C=O) groups excluding carboxylic acids is 2. The van der Waals surface area contributed by atoms with E-state index in [9.17, 15) is 14.7 Å². The molecule has 120 valence electrons. The predicted molar refractivity (Wildman–Crippen MR) is 83.9 cm³/mol. The Morgan fingerprint density at radius 1 is 1.09 bits per heavy atom. The van der Waals surface area contributed by atoms with E-state index in [1.807, 2.05) is 6.07 Å². The van der Waals surface area contributed by atoms with Crippen LogP contribution in [0.3, 0.4) is 0 Å². The Kier molecular flexibility index (Phi) is 6.00. The van der Waals surface area contributed by atoms with Gasteiger partial charge in [0.25, 0.3) is 5.91 Å². The van der Waals surface area contributed by atoms with Gasteiger partial charge in [-0.25, -0.2) is 0 Å². The number of benzene rings is 2. The molecule has 0 aliphatic carbocycles.